The number of rotatable bonds is 2. The van der Waals surface area contributed by atoms with E-state index in [0.717, 1.165) is 16.6 Å². The second-order valence-electron chi connectivity index (χ2n) is 4.81. The summed E-state index contributed by atoms with van der Waals surface area (Å²) in [7, 11) is 0. The Bertz CT molecular complexity index is 863. The Morgan fingerprint density at radius 2 is 1.83 bits per heavy atom. The van der Waals surface area contributed by atoms with Crippen molar-refractivity contribution >= 4 is 51.4 Å². The average Bonchev–Trinajstić information content (AvgIpc) is 2.96. The number of carbonyl (C=O) groups is 1. The predicted molar refractivity (Wildman–Crippen MR) is 96.6 cm³/mol. The summed E-state index contributed by atoms with van der Waals surface area (Å²) in [5, 5.41) is 4.74. The molecule has 7 heteroatoms. The van der Waals surface area contributed by atoms with E-state index in [-0.39, 0.29) is 5.91 Å². The molecular formula is C16H13ClN4OS. The number of halogens is 1. The van der Waals surface area contributed by atoms with Crippen LogP contribution in [0.2, 0.25) is 5.02 Å². The van der Waals surface area contributed by atoms with Crippen molar-refractivity contribution in [3.8, 4) is 0 Å². The smallest absolute Gasteiger partial charge is 0.286 e. The van der Waals surface area contributed by atoms with Crippen LogP contribution in [0.15, 0.2) is 54.6 Å². The molecule has 0 atom stereocenters. The summed E-state index contributed by atoms with van der Waals surface area (Å²) in [6.07, 6.45) is 0. The lowest BCUT2D eigenvalue weighted by Crippen LogP contribution is -2.43. The van der Waals surface area contributed by atoms with Crippen LogP contribution in [0.1, 0.15) is 10.5 Å². The molecule has 0 aliphatic rings. The van der Waals surface area contributed by atoms with E-state index in [9.17, 15) is 4.79 Å². The lowest BCUT2D eigenvalue weighted by molar-refractivity contribution is 0.0940. The third-order valence-corrected chi connectivity index (χ3v) is 3.59. The zero-order chi connectivity index (χ0) is 16.2. The fourth-order valence-electron chi connectivity index (χ4n) is 2.09. The number of aromatic amines is 1. The highest BCUT2D eigenvalue weighted by Gasteiger charge is 2.10. The highest BCUT2D eigenvalue weighted by Crippen LogP contribution is 2.19. The number of carbonyl (C=O) groups excluding carboxylic acids is 1. The highest BCUT2D eigenvalue weighted by molar-refractivity contribution is 7.80. The number of nitrogens with one attached hydrogen (secondary N) is 4. The Balaban J connectivity index is 1.61. The molecule has 0 unspecified atom stereocenters. The largest absolute Gasteiger partial charge is 0.350 e. The van der Waals surface area contributed by atoms with Crippen LogP contribution < -0.4 is 16.2 Å². The first kappa shape index (κ1) is 15.3. The Labute approximate surface area is 143 Å². The Kier molecular flexibility index (Phi) is 4.45. The molecule has 0 aliphatic carbocycles. The minimum absolute atomic E-state index is 0.295. The zero-order valence-electron chi connectivity index (χ0n) is 11.9. The maximum Gasteiger partial charge on any atom is 0.286 e. The van der Waals surface area contributed by atoms with Gasteiger partial charge < -0.3 is 10.3 Å². The molecule has 3 aromatic rings. The summed E-state index contributed by atoms with van der Waals surface area (Å²) in [6, 6.07) is 16.5. The van der Waals surface area contributed by atoms with Crippen molar-refractivity contribution in [2.45, 2.75) is 0 Å². The van der Waals surface area contributed by atoms with E-state index in [2.05, 4.69) is 21.2 Å². The van der Waals surface area contributed by atoms with Gasteiger partial charge in [0, 0.05) is 21.6 Å². The van der Waals surface area contributed by atoms with Gasteiger partial charge in [0.1, 0.15) is 5.69 Å². The van der Waals surface area contributed by atoms with Crippen LogP contribution in [0.25, 0.3) is 10.9 Å². The van der Waals surface area contributed by atoms with Gasteiger partial charge in [-0.25, -0.2) is 0 Å². The molecule has 1 amide bonds. The summed E-state index contributed by atoms with van der Waals surface area (Å²) in [5.74, 6) is -0.325. The lowest BCUT2D eigenvalue weighted by Gasteiger charge is -2.10. The number of benzene rings is 2. The van der Waals surface area contributed by atoms with Crippen molar-refractivity contribution in [3.63, 3.8) is 0 Å². The summed E-state index contributed by atoms with van der Waals surface area (Å²) in [4.78, 5) is 15.2. The zero-order valence-corrected chi connectivity index (χ0v) is 13.5. The first-order valence-corrected chi connectivity index (χ1v) is 7.61. The van der Waals surface area contributed by atoms with Gasteiger partial charge in [0.25, 0.3) is 5.91 Å². The quantitative estimate of drug-likeness (QED) is 0.424. The van der Waals surface area contributed by atoms with E-state index in [1.807, 2.05) is 36.4 Å². The first-order chi connectivity index (χ1) is 11.1. The Morgan fingerprint density at radius 1 is 1.04 bits per heavy atom. The Hall–Kier alpha value is -2.57. The number of hydrogen-bond donors (Lipinski definition) is 4. The van der Waals surface area contributed by atoms with Crippen LogP contribution >= 0.6 is 23.8 Å². The normalized spacial score (nSPS) is 10.3. The van der Waals surface area contributed by atoms with Gasteiger partial charge in [0.15, 0.2) is 5.11 Å². The van der Waals surface area contributed by atoms with Gasteiger partial charge in [-0.1, -0.05) is 29.8 Å². The number of hydrazine groups is 1. The van der Waals surface area contributed by atoms with Crippen LogP contribution in [-0.2, 0) is 0 Å². The molecule has 0 fully saturated rings. The molecule has 4 N–H and O–H groups in total. The maximum absolute atomic E-state index is 12.1. The molecule has 3 rings (SSSR count). The van der Waals surface area contributed by atoms with Crippen molar-refractivity contribution in [2.75, 3.05) is 5.32 Å². The number of amides is 1. The van der Waals surface area contributed by atoms with Crippen LogP contribution in [0, 0.1) is 0 Å². The average molecular weight is 345 g/mol. The van der Waals surface area contributed by atoms with E-state index in [0.29, 0.717) is 15.8 Å². The SMILES string of the molecule is O=C(NNC(=S)Nc1ccccc1)c1cc2cc(Cl)ccc2[nH]1. The van der Waals surface area contributed by atoms with Crippen LogP contribution in [0.3, 0.4) is 0 Å². The molecule has 2 aromatic carbocycles. The van der Waals surface area contributed by atoms with E-state index in [1.165, 1.54) is 0 Å². The van der Waals surface area contributed by atoms with Crippen molar-refractivity contribution < 1.29 is 4.79 Å². The summed E-state index contributed by atoms with van der Waals surface area (Å²) in [5.41, 5.74) is 7.28. The molecule has 0 bridgehead atoms. The molecule has 0 aliphatic heterocycles. The van der Waals surface area contributed by atoms with E-state index in [4.69, 9.17) is 23.8 Å². The maximum atomic E-state index is 12.1. The van der Waals surface area contributed by atoms with Crippen LogP contribution in [0.5, 0.6) is 0 Å². The highest BCUT2D eigenvalue weighted by atomic mass is 35.5. The molecule has 116 valence electrons. The van der Waals surface area contributed by atoms with E-state index in [1.54, 1.807) is 18.2 Å². The second-order valence-corrected chi connectivity index (χ2v) is 5.66. The van der Waals surface area contributed by atoms with Crippen molar-refractivity contribution in [1.29, 1.82) is 0 Å². The number of H-pyrrole nitrogens is 1. The second kappa shape index (κ2) is 6.68. The van der Waals surface area contributed by atoms with Gasteiger partial charge in [-0.3, -0.25) is 15.6 Å². The number of anilines is 1. The minimum atomic E-state index is -0.325. The first-order valence-electron chi connectivity index (χ1n) is 6.82. The monoisotopic (exact) mass is 344 g/mol. The molecule has 1 heterocycles. The minimum Gasteiger partial charge on any atom is -0.350 e. The number of aromatic nitrogens is 1. The molecule has 0 saturated heterocycles. The van der Waals surface area contributed by atoms with Crippen molar-refractivity contribution in [2.24, 2.45) is 0 Å². The number of para-hydroxylation sites is 1. The molecule has 0 radical (unpaired) electrons. The molecule has 5 nitrogen and oxygen atoms in total. The fourth-order valence-corrected chi connectivity index (χ4v) is 2.44. The topological polar surface area (TPSA) is 69.0 Å². The summed E-state index contributed by atoms with van der Waals surface area (Å²) in [6.45, 7) is 0. The third-order valence-electron chi connectivity index (χ3n) is 3.15. The fraction of sp³-hybridized carbons (Fsp3) is 0. The predicted octanol–water partition coefficient (Wildman–Crippen LogP) is 3.45. The molecule has 1 aromatic heterocycles. The molecular weight excluding hydrogens is 332 g/mol. The van der Waals surface area contributed by atoms with Crippen LogP contribution in [-0.4, -0.2) is 16.0 Å². The number of hydrogen-bond acceptors (Lipinski definition) is 2. The Morgan fingerprint density at radius 3 is 2.61 bits per heavy atom. The van der Waals surface area contributed by atoms with Gasteiger partial charge in [0.05, 0.1) is 0 Å². The van der Waals surface area contributed by atoms with Gasteiger partial charge in [-0.15, -0.1) is 0 Å². The molecule has 0 saturated carbocycles. The summed E-state index contributed by atoms with van der Waals surface area (Å²) >= 11 is 11.1. The van der Waals surface area contributed by atoms with E-state index >= 15 is 0 Å². The standard InChI is InChI=1S/C16H13ClN4OS/c17-11-6-7-13-10(8-11)9-14(19-13)15(22)20-21-16(23)18-12-4-2-1-3-5-12/h1-9,19H,(H,20,22)(H2,18,21,23). The van der Waals surface area contributed by atoms with Crippen molar-refractivity contribution in [3.05, 3.63) is 65.3 Å². The molecule has 23 heavy (non-hydrogen) atoms. The van der Waals surface area contributed by atoms with Crippen molar-refractivity contribution in [1.82, 2.24) is 15.8 Å². The van der Waals surface area contributed by atoms with Gasteiger partial charge in [-0.2, -0.15) is 0 Å². The van der Waals surface area contributed by atoms with Gasteiger partial charge >= 0.3 is 0 Å². The lowest BCUT2D eigenvalue weighted by atomic mass is 10.2. The van der Waals surface area contributed by atoms with Gasteiger partial charge in [0.2, 0.25) is 0 Å². The number of fused-ring (bicyclic) bond motifs is 1. The van der Waals surface area contributed by atoms with Crippen LogP contribution in [0.4, 0.5) is 5.69 Å². The van der Waals surface area contributed by atoms with E-state index < -0.39 is 0 Å². The number of thiocarbonyl (C=S) groups is 1. The third kappa shape index (κ3) is 3.80. The summed E-state index contributed by atoms with van der Waals surface area (Å²) < 4.78 is 0. The van der Waals surface area contributed by atoms with Gasteiger partial charge in [-0.05, 0) is 48.6 Å². The molecule has 0 spiro atoms.